The van der Waals surface area contributed by atoms with Crippen LogP contribution >= 0.6 is 0 Å². The smallest absolute Gasteiger partial charge is 0.367 e. The lowest BCUT2D eigenvalue weighted by molar-refractivity contribution is -0.176. The van der Waals surface area contributed by atoms with E-state index in [0.717, 1.165) is 12.1 Å². The summed E-state index contributed by atoms with van der Waals surface area (Å²) >= 11 is 0. The van der Waals surface area contributed by atoms with E-state index >= 15 is 0 Å². The zero-order chi connectivity index (χ0) is 17.3. The van der Waals surface area contributed by atoms with E-state index in [4.69, 9.17) is 0 Å². The van der Waals surface area contributed by atoms with Crippen molar-refractivity contribution >= 4 is 5.96 Å². The first-order chi connectivity index (χ1) is 10.8. The Hall–Kier alpha value is -1.76. The second-order valence-electron chi connectivity index (χ2n) is 5.63. The van der Waals surface area contributed by atoms with E-state index in [1.165, 1.54) is 0 Å². The summed E-state index contributed by atoms with van der Waals surface area (Å²) < 4.78 is 40.9. The number of hydrogen-bond acceptors (Lipinski definition) is 2. The molecule has 2 N–H and O–H groups in total. The van der Waals surface area contributed by atoms with Gasteiger partial charge in [-0.1, -0.05) is 38.1 Å². The Morgan fingerprint density at radius 1 is 1.22 bits per heavy atom. The van der Waals surface area contributed by atoms with Gasteiger partial charge >= 0.3 is 6.18 Å². The Morgan fingerprint density at radius 3 is 2.52 bits per heavy atom. The van der Waals surface area contributed by atoms with E-state index in [1.54, 1.807) is 19.2 Å². The highest BCUT2D eigenvalue weighted by atomic mass is 19.4. The fourth-order valence-electron chi connectivity index (χ4n) is 1.82. The number of guanidine groups is 1. The highest BCUT2D eigenvalue weighted by Crippen LogP contribution is 2.16. The van der Waals surface area contributed by atoms with E-state index in [9.17, 15) is 13.2 Å². The summed E-state index contributed by atoms with van der Waals surface area (Å²) in [5.74, 6) is 1.19. The second kappa shape index (κ2) is 9.39. The van der Waals surface area contributed by atoms with Crippen LogP contribution in [0.5, 0.6) is 0 Å². The lowest BCUT2D eigenvalue weighted by Gasteiger charge is -2.14. The highest BCUT2D eigenvalue weighted by Gasteiger charge is 2.27. The lowest BCUT2D eigenvalue weighted by atomic mass is 10.1. The van der Waals surface area contributed by atoms with Crippen molar-refractivity contribution in [2.24, 2.45) is 10.9 Å². The van der Waals surface area contributed by atoms with Gasteiger partial charge in [-0.2, -0.15) is 13.2 Å². The number of aliphatic imine (C=N–C) groups is 1. The summed E-state index contributed by atoms with van der Waals surface area (Å²) in [6.07, 6.45) is -4.30. The van der Waals surface area contributed by atoms with E-state index < -0.39 is 12.8 Å². The Morgan fingerprint density at radius 2 is 1.91 bits per heavy atom. The molecule has 7 heteroatoms. The zero-order valence-electron chi connectivity index (χ0n) is 13.7. The molecule has 130 valence electrons. The largest absolute Gasteiger partial charge is 0.411 e. The average Bonchev–Trinajstić information content (AvgIpc) is 2.46. The van der Waals surface area contributed by atoms with E-state index in [-0.39, 0.29) is 6.61 Å². The molecule has 0 fully saturated rings. The third kappa shape index (κ3) is 9.07. The standard InChI is InChI=1S/C16H24F3N3O/c1-12(2)8-21-15(20-3)22-9-13-5-4-6-14(7-13)10-23-11-16(17,18)19/h4-7,12H,8-11H2,1-3H3,(H2,20,21,22). The number of halogens is 3. The topological polar surface area (TPSA) is 45.7 Å². The molecule has 0 unspecified atom stereocenters. The summed E-state index contributed by atoms with van der Waals surface area (Å²) in [6.45, 7) is 4.25. The van der Waals surface area contributed by atoms with Crippen molar-refractivity contribution in [2.45, 2.75) is 33.2 Å². The van der Waals surface area contributed by atoms with Crippen LogP contribution in [0.1, 0.15) is 25.0 Å². The van der Waals surface area contributed by atoms with Crippen LogP contribution in [0.3, 0.4) is 0 Å². The Kier molecular flexibility index (Phi) is 7.88. The minimum absolute atomic E-state index is 0.0618. The average molecular weight is 331 g/mol. The van der Waals surface area contributed by atoms with Crippen molar-refractivity contribution in [1.29, 1.82) is 0 Å². The molecule has 0 aliphatic rings. The molecule has 0 amide bonds. The van der Waals surface area contributed by atoms with Gasteiger partial charge in [-0.25, -0.2) is 0 Å². The molecule has 0 aliphatic heterocycles. The van der Waals surface area contributed by atoms with Crippen LogP contribution in [-0.4, -0.2) is 32.3 Å². The number of rotatable bonds is 7. The maximum Gasteiger partial charge on any atom is 0.411 e. The van der Waals surface area contributed by atoms with Crippen LogP contribution in [0.4, 0.5) is 13.2 Å². The number of alkyl halides is 3. The van der Waals surface area contributed by atoms with Gasteiger partial charge in [-0.3, -0.25) is 4.99 Å². The summed E-state index contributed by atoms with van der Waals surface area (Å²) in [7, 11) is 1.69. The van der Waals surface area contributed by atoms with Crippen molar-refractivity contribution in [1.82, 2.24) is 10.6 Å². The third-order valence-electron chi connectivity index (χ3n) is 2.89. The molecule has 0 heterocycles. The third-order valence-corrected chi connectivity index (χ3v) is 2.89. The maximum atomic E-state index is 12.1. The summed E-state index contributed by atoms with van der Waals surface area (Å²) in [5, 5.41) is 6.36. The molecule has 0 radical (unpaired) electrons. The molecule has 1 aromatic rings. The van der Waals surface area contributed by atoms with Crippen LogP contribution in [0.25, 0.3) is 0 Å². The molecule has 0 aliphatic carbocycles. The summed E-state index contributed by atoms with van der Waals surface area (Å²) in [6, 6.07) is 7.26. The minimum atomic E-state index is -4.30. The van der Waals surface area contributed by atoms with Crippen LogP contribution < -0.4 is 10.6 Å². The van der Waals surface area contributed by atoms with Gasteiger partial charge in [0.2, 0.25) is 0 Å². The number of hydrogen-bond donors (Lipinski definition) is 2. The highest BCUT2D eigenvalue weighted by molar-refractivity contribution is 5.79. The maximum absolute atomic E-state index is 12.1. The lowest BCUT2D eigenvalue weighted by Crippen LogP contribution is -2.38. The van der Waals surface area contributed by atoms with E-state index in [1.807, 2.05) is 12.1 Å². The van der Waals surface area contributed by atoms with Crippen LogP contribution in [-0.2, 0) is 17.9 Å². The molecule has 1 aromatic carbocycles. The quantitative estimate of drug-likeness (QED) is 0.596. The van der Waals surface area contributed by atoms with Crippen LogP contribution in [0, 0.1) is 5.92 Å². The minimum Gasteiger partial charge on any atom is -0.367 e. The van der Waals surface area contributed by atoms with E-state index in [2.05, 4.69) is 34.2 Å². The van der Waals surface area contributed by atoms with Crippen molar-refractivity contribution in [3.05, 3.63) is 35.4 Å². The van der Waals surface area contributed by atoms with Crippen molar-refractivity contribution < 1.29 is 17.9 Å². The monoisotopic (exact) mass is 331 g/mol. The van der Waals surface area contributed by atoms with Gasteiger partial charge in [-0.15, -0.1) is 0 Å². The van der Waals surface area contributed by atoms with Crippen LogP contribution in [0.2, 0.25) is 0 Å². The van der Waals surface area contributed by atoms with Gasteiger partial charge in [0.15, 0.2) is 5.96 Å². The zero-order valence-corrected chi connectivity index (χ0v) is 13.7. The second-order valence-corrected chi connectivity index (χ2v) is 5.63. The molecule has 1 rings (SSSR count). The number of nitrogens with one attached hydrogen (secondary N) is 2. The Balaban J connectivity index is 2.47. The normalized spacial score (nSPS) is 12.6. The molecule has 0 saturated heterocycles. The van der Waals surface area contributed by atoms with Crippen molar-refractivity contribution in [2.75, 3.05) is 20.2 Å². The number of nitrogens with zero attached hydrogens (tertiary/aromatic N) is 1. The first kappa shape index (κ1) is 19.3. The predicted molar refractivity (Wildman–Crippen MR) is 85.2 cm³/mol. The number of ether oxygens (including phenoxy) is 1. The van der Waals surface area contributed by atoms with E-state index in [0.29, 0.717) is 24.0 Å². The molecule has 0 atom stereocenters. The van der Waals surface area contributed by atoms with Gasteiger partial charge in [0.1, 0.15) is 6.61 Å². The fraction of sp³-hybridized carbons (Fsp3) is 0.562. The molecule has 0 aromatic heterocycles. The van der Waals surface area contributed by atoms with Gasteiger partial charge in [-0.05, 0) is 17.0 Å². The molecular weight excluding hydrogens is 307 g/mol. The van der Waals surface area contributed by atoms with Gasteiger partial charge in [0.05, 0.1) is 6.61 Å². The van der Waals surface area contributed by atoms with Gasteiger partial charge < -0.3 is 15.4 Å². The Bertz CT molecular complexity index is 502. The predicted octanol–water partition coefficient (Wildman–Crippen LogP) is 3.09. The summed E-state index contributed by atoms with van der Waals surface area (Å²) in [5.41, 5.74) is 1.66. The van der Waals surface area contributed by atoms with Gasteiger partial charge in [0, 0.05) is 20.1 Å². The molecule has 23 heavy (non-hydrogen) atoms. The van der Waals surface area contributed by atoms with Crippen molar-refractivity contribution in [3.8, 4) is 0 Å². The first-order valence-corrected chi connectivity index (χ1v) is 7.47. The first-order valence-electron chi connectivity index (χ1n) is 7.47. The van der Waals surface area contributed by atoms with Crippen LogP contribution in [0.15, 0.2) is 29.3 Å². The fourth-order valence-corrected chi connectivity index (χ4v) is 1.82. The SMILES string of the molecule is CN=C(NCc1cccc(COCC(F)(F)F)c1)NCC(C)C. The van der Waals surface area contributed by atoms with Gasteiger partial charge in [0.25, 0.3) is 0 Å². The molecule has 4 nitrogen and oxygen atoms in total. The molecule has 0 spiro atoms. The Labute approximate surface area is 135 Å². The molecular formula is C16H24F3N3O. The summed E-state index contributed by atoms with van der Waals surface area (Å²) in [4.78, 5) is 4.12. The molecule has 0 saturated carbocycles. The molecule has 0 bridgehead atoms. The van der Waals surface area contributed by atoms with Crippen molar-refractivity contribution in [3.63, 3.8) is 0 Å². The number of benzene rings is 1.